The number of hydrogen-bond acceptors (Lipinski definition) is 4. The molecule has 0 saturated carbocycles. The predicted octanol–water partition coefficient (Wildman–Crippen LogP) is 2.76. The van der Waals surface area contributed by atoms with Crippen LogP contribution in [0.4, 0.5) is 4.39 Å². The maximum absolute atomic E-state index is 13.3. The average Bonchev–Trinajstić information content (AvgIpc) is 2.66. The van der Waals surface area contributed by atoms with E-state index in [4.69, 9.17) is 0 Å². The molecule has 1 saturated heterocycles. The lowest BCUT2D eigenvalue weighted by Crippen LogP contribution is -2.50. The zero-order valence-corrected chi connectivity index (χ0v) is 16.6. The van der Waals surface area contributed by atoms with Gasteiger partial charge in [0.2, 0.25) is 15.9 Å². The van der Waals surface area contributed by atoms with Crippen molar-refractivity contribution in [2.24, 2.45) is 0 Å². The third-order valence-corrected chi connectivity index (χ3v) is 7.25. The molecule has 8 heteroatoms. The second kappa shape index (κ2) is 8.41. The number of piperazine rings is 1. The summed E-state index contributed by atoms with van der Waals surface area (Å²) in [5.74, 6) is -0.275. The van der Waals surface area contributed by atoms with Gasteiger partial charge in [-0.25, -0.2) is 12.8 Å². The minimum Gasteiger partial charge on any atom is -0.339 e. The van der Waals surface area contributed by atoms with E-state index in [0.717, 1.165) is 16.5 Å². The molecule has 0 atom stereocenters. The van der Waals surface area contributed by atoms with Gasteiger partial charge in [-0.2, -0.15) is 4.31 Å². The topological polar surface area (TPSA) is 57.7 Å². The van der Waals surface area contributed by atoms with Gasteiger partial charge >= 0.3 is 0 Å². The maximum atomic E-state index is 13.3. The van der Waals surface area contributed by atoms with E-state index < -0.39 is 15.8 Å². The molecule has 144 valence electrons. The first-order valence-corrected chi connectivity index (χ1v) is 11.0. The number of benzene rings is 2. The van der Waals surface area contributed by atoms with Crippen LogP contribution in [0.1, 0.15) is 5.56 Å². The van der Waals surface area contributed by atoms with E-state index in [2.05, 4.69) is 0 Å². The molecule has 0 aromatic heterocycles. The van der Waals surface area contributed by atoms with Crippen molar-refractivity contribution in [3.8, 4) is 0 Å². The Morgan fingerprint density at radius 3 is 2.44 bits per heavy atom. The van der Waals surface area contributed by atoms with Crippen LogP contribution in [0.25, 0.3) is 0 Å². The van der Waals surface area contributed by atoms with Crippen molar-refractivity contribution < 1.29 is 17.6 Å². The molecule has 1 aliphatic heterocycles. The number of hydrogen-bond donors (Lipinski definition) is 0. The standard InChI is InChI=1S/C19H21FN2O3S2/c1-15-4-2-6-17(12-15)26-14-19(23)21-8-10-22(11-9-21)27(24,25)18-7-3-5-16(20)13-18/h2-7,12-13H,8-11,14H2,1H3. The van der Waals surface area contributed by atoms with Crippen LogP contribution in [-0.4, -0.2) is 55.5 Å². The third kappa shape index (κ3) is 4.88. The first-order chi connectivity index (χ1) is 12.9. The molecule has 1 heterocycles. The molecule has 2 aromatic rings. The summed E-state index contributed by atoms with van der Waals surface area (Å²) in [6.07, 6.45) is 0. The number of carbonyl (C=O) groups is 1. The highest BCUT2D eigenvalue weighted by Crippen LogP contribution is 2.21. The average molecular weight is 409 g/mol. The number of nitrogens with zero attached hydrogens (tertiary/aromatic N) is 2. The summed E-state index contributed by atoms with van der Waals surface area (Å²) in [5, 5.41) is 0. The molecule has 3 rings (SSSR count). The molecule has 2 aromatic carbocycles. The summed E-state index contributed by atoms with van der Waals surface area (Å²) in [4.78, 5) is 15.1. The van der Waals surface area contributed by atoms with E-state index in [1.165, 1.54) is 34.3 Å². The molecule has 5 nitrogen and oxygen atoms in total. The van der Waals surface area contributed by atoms with Crippen LogP contribution >= 0.6 is 11.8 Å². The Bertz CT molecular complexity index is 926. The number of carbonyl (C=O) groups excluding carboxylic acids is 1. The fourth-order valence-electron chi connectivity index (χ4n) is 2.90. The second-order valence-corrected chi connectivity index (χ2v) is 9.33. The Balaban J connectivity index is 1.56. The van der Waals surface area contributed by atoms with Crippen LogP contribution in [0.15, 0.2) is 58.3 Å². The van der Waals surface area contributed by atoms with Crippen LogP contribution in [0.2, 0.25) is 0 Å². The monoisotopic (exact) mass is 408 g/mol. The van der Waals surface area contributed by atoms with Crippen LogP contribution in [-0.2, 0) is 14.8 Å². The van der Waals surface area contributed by atoms with Crippen LogP contribution in [0, 0.1) is 12.7 Å². The van der Waals surface area contributed by atoms with Crippen molar-refractivity contribution in [3.05, 3.63) is 59.9 Å². The summed E-state index contributed by atoms with van der Waals surface area (Å²) >= 11 is 1.48. The zero-order chi connectivity index (χ0) is 19.4. The fraction of sp³-hybridized carbons (Fsp3) is 0.316. The van der Waals surface area contributed by atoms with E-state index in [-0.39, 0.29) is 23.9 Å². The molecule has 0 spiro atoms. The predicted molar refractivity (Wildman–Crippen MR) is 104 cm³/mol. The van der Waals surface area contributed by atoms with Crippen LogP contribution < -0.4 is 0 Å². The summed E-state index contributed by atoms with van der Waals surface area (Å²) in [6.45, 7) is 3.09. The van der Waals surface area contributed by atoms with Gasteiger partial charge in [0.25, 0.3) is 0 Å². The number of rotatable bonds is 5. The second-order valence-electron chi connectivity index (χ2n) is 6.35. The van der Waals surface area contributed by atoms with Gasteiger partial charge in [0, 0.05) is 31.1 Å². The molecule has 1 aliphatic rings. The third-order valence-electron chi connectivity index (χ3n) is 4.38. The van der Waals surface area contributed by atoms with Crippen molar-refractivity contribution >= 4 is 27.7 Å². The van der Waals surface area contributed by atoms with Gasteiger partial charge in [-0.3, -0.25) is 4.79 Å². The highest BCUT2D eigenvalue weighted by Gasteiger charge is 2.30. The van der Waals surface area contributed by atoms with Crippen molar-refractivity contribution in [1.29, 1.82) is 0 Å². The minimum atomic E-state index is -3.74. The Labute approximate surface area is 163 Å². The van der Waals surface area contributed by atoms with E-state index in [0.29, 0.717) is 18.8 Å². The van der Waals surface area contributed by atoms with Gasteiger partial charge < -0.3 is 4.90 Å². The molecular weight excluding hydrogens is 387 g/mol. The summed E-state index contributed by atoms with van der Waals surface area (Å²) in [7, 11) is -3.74. The molecule has 1 fully saturated rings. The normalized spacial score (nSPS) is 15.7. The van der Waals surface area contributed by atoms with Crippen LogP contribution in [0.5, 0.6) is 0 Å². The fourth-order valence-corrected chi connectivity index (χ4v) is 5.27. The molecule has 0 N–H and O–H groups in total. The first kappa shape index (κ1) is 19.9. The quantitative estimate of drug-likeness (QED) is 0.714. The van der Waals surface area contributed by atoms with Crippen molar-refractivity contribution in [1.82, 2.24) is 9.21 Å². The maximum Gasteiger partial charge on any atom is 0.243 e. The molecule has 0 unspecified atom stereocenters. The van der Waals surface area contributed by atoms with Gasteiger partial charge in [-0.05, 0) is 37.3 Å². The molecule has 0 bridgehead atoms. The van der Waals surface area contributed by atoms with E-state index >= 15 is 0 Å². The lowest BCUT2D eigenvalue weighted by molar-refractivity contribution is -0.129. The Kier molecular flexibility index (Phi) is 6.18. The van der Waals surface area contributed by atoms with Crippen molar-refractivity contribution in [2.45, 2.75) is 16.7 Å². The van der Waals surface area contributed by atoms with Gasteiger partial charge in [-0.1, -0.05) is 23.8 Å². The highest BCUT2D eigenvalue weighted by molar-refractivity contribution is 8.00. The minimum absolute atomic E-state index is 0.00990. The number of sulfonamides is 1. The van der Waals surface area contributed by atoms with E-state index in [1.54, 1.807) is 4.90 Å². The molecular formula is C19H21FN2O3S2. The molecule has 1 amide bonds. The van der Waals surface area contributed by atoms with Crippen molar-refractivity contribution in [2.75, 3.05) is 31.9 Å². The number of aryl methyl sites for hydroxylation is 1. The molecule has 0 radical (unpaired) electrons. The molecule has 0 aliphatic carbocycles. The highest BCUT2D eigenvalue weighted by atomic mass is 32.2. The SMILES string of the molecule is Cc1cccc(SCC(=O)N2CCN(S(=O)(=O)c3cccc(F)c3)CC2)c1. The largest absolute Gasteiger partial charge is 0.339 e. The Hall–Kier alpha value is -1.90. The Morgan fingerprint density at radius 2 is 1.78 bits per heavy atom. The number of amides is 1. The lowest BCUT2D eigenvalue weighted by atomic mass is 10.2. The van der Waals surface area contributed by atoms with Crippen molar-refractivity contribution in [3.63, 3.8) is 0 Å². The van der Waals surface area contributed by atoms with Gasteiger partial charge in [0.05, 0.1) is 10.6 Å². The summed E-state index contributed by atoms with van der Waals surface area (Å²) < 4.78 is 39.9. The van der Waals surface area contributed by atoms with Gasteiger partial charge in [0.15, 0.2) is 0 Å². The number of halogens is 1. The Morgan fingerprint density at radius 1 is 1.07 bits per heavy atom. The van der Waals surface area contributed by atoms with E-state index in [1.807, 2.05) is 31.2 Å². The van der Waals surface area contributed by atoms with Gasteiger partial charge in [0.1, 0.15) is 5.82 Å². The molecule has 27 heavy (non-hydrogen) atoms. The lowest BCUT2D eigenvalue weighted by Gasteiger charge is -2.34. The first-order valence-electron chi connectivity index (χ1n) is 8.59. The van der Waals surface area contributed by atoms with Crippen LogP contribution in [0.3, 0.4) is 0 Å². The zero-order valence-electron chi connectivity index (χ0n) is 15.0. The van der Waals surface area contributed by atoms with E-state index in [9.17, 15) is 17.6 Å². The smallest absolute Gasteiger partial charge is 0.243 e. The number of thioether (sulfide) groups is 1. The van der Waals surface area contributed by atoms with Gasteiger partial charge in [-0.15, -0.1) is 11.8 Å². The summed E-state index contributed by atoms with van der Waals surface area (Å²) in [6, 6.07) is 12.9. The summed E-state index contributed by atoms with van der Waals surface area (Å²) in [5.41, 5.74) is 1.14.